The maximum Gasteiger partial charge on any atom is 0.236 e. The molecule has 0 atom stereocenters. The van der Waals surface area contributed by atoms with Crippen molar-refractivity contribution in [2.75, 3.05) is 39.9 Å². The van der Waals surface area contributed by atoms with Crippen LogP contribution in [0.5, 0.6) is 0 Å². The van der Waals surface area contributed by atoms with Gasteiger partial charge in [0.25, 0.3) is 0 Å². The number of hydrogen-bond donors (Lipinski definition) is 0. The number of carbonyl (C=O) groups is 1. The second kappa shape index (κ2) is 6.68. The van der Waals surface area contributed by atoms with Crippen LogP contribution in [0.25, 0.3) is 0 Å². The molecule has 0 bridgehead atoms. The number of nitrogens with zero attached hydrogens (tertiary/aromatic N) is 2. The van der Waals surface area contributed by atoms with Gasteiger partial charge in [-0.3, -0.25) is 9.69 Å². The first-order valence-electron chi connectivity index (χ1n) is 6.75. The highest BCUT2D eigenvalue weighted by Crippen LogP contribution is 2.10. The molecule has 1 amide bonds. The summed E-state index contributed by atoms with van der Waals surface area (Å²) < 4.78 is 5.29. The molecule has 1 aromatic carbocycles. The summed E-state index contributed by atoms with van der Waals surface area (Å²) in [6.45, 7) is 6.41. The maximum absolute atomic E-state index is 12.2. The number of ether oxygens (including phenoxy) is 1. The van der Waals surface area contributed by atoms with Crippen LogP contribution in [-0.2, 0) is 16.1 Å². The van der Waals surface area contributed by atoms with E-state index in [2.05, 4.69) is 24.0 Å². The molecule has 1 fully saturated rings. The molecule has 0 unspecified atom stereocenters. The number of benzene rings is 1. The molecule has 0 saturated carbocycles. The molecular formula is C15H22N2O2. The molecule has 104 valence electrons. The summed E-state index contributed by atoms with van der Waals surface area (Å²) in [5.74, 6) is 0.171. The maximum atomic E-state index is 12.2. The average Bonchev–Trinajstić information content (AvgIpc) is 2.42. The first-order valence-corrected chi connectivity index (χ1v) is 6.75. The zero-order chi connectivity index (χ0) is 13.7. The number of morpholine rings is 1. The van der Waals surface area contributed by atoms with E-state index >= 15 is 0 Å². The van der Waals surface area contributed by atoms with Crippen molar-refractivity contribution in [1.82, 2.24) is 9.80 Å². The molecule has 0 aliphatic carbocycles. The van der Waals surface area contributed by atoms with E-state index < -0.39 is 0 Å². The normalized spacial score (nSPS) is 16.3. The van der Waals surface area contributed by atoms with Crippen LogP contribution < -0.4 is 0 Å². The Kier molecular flexibility index (Phi) is 4.93. The number of carbonyl (C=O) groups excluding carboxylic acids is 1. The van der Waals surface area contributed by atoms with Crippen molar-refractivity contribution in [3.05, 3.63) is 35.4 Å². The van der Waals surface area contributed by atoms with Crippen LogP contribution in [0.3, 0.4) is 0 Å². The van der Waals surface area contributed by atoms with Crippen LogP contribution in [0.2, 0.25) is 0 Å². The van der Waals surface area contributed by atoms with Gasteiger partial charge in [0.15, 0.2) is 0 Å². The van der Waals surface area contributed by atoms with Crippen molar-refractivity contribution in [3.63, 3.8) is 0 Å². The molecule has 0 aromatic heterocycles. The van der Waals surface area contributed by atoms with Crippen LogP contribution in [0.4, 0.5) is 0 Å². The zero-order valence-corrected chi connectivity index (χ0v) is 11.8. The summed E-state index contributed by atoms with van der Waals surface area (Å²) in [4.78, 5) is 16.1. The van der Waals surface area contributed by atoms with Crippen molar-refractivity contribution in [1.29, 1.82) is 0 Å². The molecule has 1 aliphatic rings. The van der Waals surface area contributed by atoms with E-state index in [1.807, 2.05) is 19.2 Å². The lowest BCUT2D eigenvalue weighted by Gasteiger charge is -2.28. The van der Waals surface area contributed by atoms with Gasteiger partial charge in [-0.15, -0.1) is 0 Å². The first-order chi connectivity index (χ1) is 9.16. The third-order valence-corrected chi connectivity index (χ3v) is 3.56. The second-order valence-corrected chi connectivity index (χ2v) is 5.06. The fourth-order valence-electron chi connectivity index (χ4n) is 2.20. The number of aryl methyl sites for hydroxylation is 1. The third-order valence-electron chi connectivity index (χ3n) is 3.56. The number of rotatable bonds is 4. The fraction of sp³-hybridized carbons (Fsp3) is 0.533. The summed E-state index contributed by atoms with van der Waals surface area (Å²) in [6, 6.07) is 8.19. The van der Waals surface area contributed by atoms with E-state index in [0.717, 1.165) is 26.3 Å². The second-order valence-electron chi connectivity index (χ2n) is 5.06. The highest BCUT2D eigenvalue weighted by atomic mass is 16.5. The largest absolute Gasteiger partial charge is 0.379 e. The lowest BCUT2D eigenvalue weighted by Crippen LogP contribution is -2.43. The molecule has 4 nitrogen and oxygen atoms in total. The Morgan fingerprint density at radius 2 is 2.00 bits per heavy atom. The van der Waals surface area contributed by atoms with Crippen LogP contribution in [0.15, 0.2) is 24.3 Å². The van der Waals surface area contributed by atoms with Crippen LogP contribution in [-0.4, -0.2) is 55.6 Å². The van der Waals surface area contributed by atoms with Crippen molar-refractivity contribution in [2.45, 2.75) is 13.5 Å². The summed E-state index contributed by atoms with van der Waals surface area (Å²) >= 11 is 0. The molecule has 1 aromatic rings. The highest BCUT2D eigenvalue weighted by Gasteiger charge is 2.17. The predicted molar refractivity (Wildman–Crippen MR) is 74.9 cm³/mol. The smallest absolute Gasteiger partial charge is 0.236 e. The van der Waals surface area contributed by atoms with E-state index in [9.17, 15) is 4.79 Å². The van der Waals surface area contributed by atoms with Crippen LogP contribution >= 0.6 is 0 Å². The van der Waals surface area contributed by atoms with Gasteiger partial charge in [-0.1, -0.05) is 24.3 Å². The molecule has 0 spiro atoms. The minimum Gasteiger partial charge on any atom is -0.379 e. The van der Waals surface area contributed by atoms with E-state index in [4.69, 9.17) is 4.74 Å². The lowest BCUT2D eigenvalue weighted by atomic mass is 10.1. The molecule has 1 heterocycles. The molecule has 2 rings (SSSR count). The summed E-state index contributed by atoms with van der Waals surface area (Å²) in [5, 5.41) is 0. The third kappa shape index (κ3) is 4.04. The molecule has 1 saturated heterocycles. The highest BCUT2D eigenvalue weighted by molar-refractivity contribution is 5.78. The van der Waals surface area contributed by atoms with Gasteiger partial charge in [-0.05, 0) is 18.1 Å². The molecule has 1 aliphatic heterocycles. The number of hydrogen-bond acceptors (Lipinski definition) is 3. The molecule has 0 radical (unpaired) electrons. The first kappa shape index (κ1) is 14.0. The van der Waals surface area contributed by atoms with E-state index in [1.54, 1.807) is 4.90 Å². The van der Waals surface area contributed by atoms with Crippen molar-refractivity contribution in [3.8, 4) is 0 Å². The van der Waals surface area contributed by atoms with Crippen molar-refractivity contribution < 1.29 is 9.53 Å². The zero-order valence-electron chi connectivity index (χ0n) is 11.8. The molecule has 0 N–H and O–H groups in total. The Morgan fingerprint density at radius 1 is 1.32 bits per heavy atom. The monoisotopic (exact) mass is 262 g/mol. The Labute approximate surface area is 115 Å². The fourth-order valence-corrected chi connectivity index (χ4v) is 2.20. The molecule has 4 heteroatoms. The standard InChI is InChI=1S/C15H22N2O2/c1-13-5-3-4-6-14(13)11-16(2)15(18)12-17-7-9-19-10-8-17/h3-6H,7-12H2,1-2H3. The van der Waals surface area contributed by atoms with Gasteiger partial charge in [0.05, 0.1) is 19.8 Å². The Morgan fingerprint density at radius 3 is 2.68 bits per heavy atom. The Balaban J connectivity index is 1.87. The summed E-state index contributed by atoms with van der Waals surface area (Å²) in [6.07, 6.45) is 0. The number of likely N-dealkylation sites (N-methyl/N-ethyl adjacent to an activating group) is 1. The van der Waals surface area contributed by atoms with Gasteiger partial charge in [0, 0.05) is 26.7 Å². The minimum atomic E-state index is 0.171. The van der Waals surface area contributed by atoms with Gasteiger partial charge >= 0.3 is 0 Å². The SMILES string of the molecule is Cc1ccccc1CN(C)C(=O)CN1CCOCC1. The van der Waals surface area contributed by atoms with E-state index in [-0.39, 0.29) is 5.91 Å². The van der Waals surface area contributed by atoms with Gasteiger partial charge < -0.3 is 9.64 Å². The topological polar surface area (TPSA) is 32.8 Å². The Hall–Kier alpha value is -1.39. The van der Waals surface area contributed by atoms with Crippen molar-refractivity contribution >= 4 is 5.91 Å². The number of amides is 1. The van der Waals surface area contributed by atoms with E-state index in [0.29, 0.717) is 13.1 Å². The predicted octanol–water partition coefficient (Wildman–Crippen LogP) is 1.29. The van der Waals surface area contributed by atoms with Crippen LogP contribution in [0.1, 0.15) is 11.1 Å². The minimum absolute atomic E-state index is 0.171. The van der Waals surface area contributed by atoms with Gasteiger partial charge in [-0.2, -0.15) is 0 Å². The van der Waals surface area contributed by atoms with Gasteiger partial charge in [0.2, 0.25) is 5.91 Å². The van der Waals surface area contributed by atoms with Gasteiger partial charge in [0.1, 0.15) is 0 Å². The Bertz CT molecular complexity index is 428. The van der Waals surface area contributed by atoms with E-state index in [1.165, 1.54) is 11.1 Å². The van der Waals surface area contributed by atoms with Gasteiger partial charge in [-0.25, -0.2) is 0 Å². The summed E-state index contributed by atoms with van der Waals surface area (Å²) in [5.41, 5.74) is 2.44. The quantitative estimate of drug-likeness (QED) is 0.819. The van der Waals surface area contributed by atoms with Crippen molar-refractivity contribution in [2.24, 2.45) is 0 Å². The van der Waals surface area contributed by atoms with Crippen LogP contribution in [0, 0.1) is 6.92 Å². The molecule has 19 heavy (non-hydrogen) atoms. The molecular weight excluding hydrogens is 240 g/mol. The lowest BCUT2D eigenvalue weighted by molar-refractivity contribution is -0.132. The average molecular weight is 262 g/mol. The summed E-state index contributed by atoms with van der Waals surface area (Å²) in [7, 11) is 1.87.